The van der Waals surface area contributed by atoms with Gasteiger partial charge < -0.3 is 10.5 Å². The van der Waals surface area contributed by atoms with Crippen LogP contribution < -0.4 is 5.73 Å². The third-order valence-corrected chi connectivity index (χ3v) is 2.87. The monoisotopic (exact) mass is 215 g/mol. The number of hydrogen-bond donors (Lipinski definition) is 1. The highest BCUT2D eigenvalue weighted by atomic mass is 16.5. The van der Waals surface area contributed by atoms with E-state index in [1.165, 1.54) is 5.56 Å². The molecule has 1 aliphatic heterocycles. The zero-order chi connectivity index (χ0) is 11.1. The van der Waals surface area contributed by atoms with E-state index in [2.05, 4.69) is 24.2 Å². The number of nitrogen functional groups attached to an aromatic ring is 1. The van der Waals surface area contributed by atoms with Gasteiger partial charge in [-0.25, -0.2) is 4.68 Å². The topological polar surface area (TPSA) is 53.1 Å². The highest BCUT2D eigenvalue weighted by Crippen LogP contribution is 2.27. The molecule has 16 heavy (non-hydrogen) atoms. The minimum atomic E-state index is 0.568. The van der Waals surface area contributed by atoms with Crippen LogP contribution in [0.1, 0.15) is 16.8 Å². The third-order valence-electron chi connectivity index (χ3n) is 2.87. The van der Waals surface area contributed by atoms with Gasteiger partial charge in [-0.2, -0.15) is 5.10 Å². The van der Waals surface area contributed by atoms with E-state index in [1.807, 2.05) is 12.1 Å². The Morgan fingerprint density at radius 1 is 1.25 bits per heavy atom. The molecule has 0 spiro atoms. The van der Waals surface area contributed by atoms with Gasteiger partial charge in [0.05, 0.1) is 24.6 Å². The first-order chi connectivity index (χ1) is 7.75. The molecule has 3 rings (SSSR count). The van der Waals surface area contributed by atoms with Crippen LogP contribution in [0.2, 0.25) is 0 Å². The van der Waals surface area contributed by atoms with Crippen molar-refractivity contribution in [3.05, 3.63) is 41.1 Å². The lowest BCUT2D eigenvalue weighted by Crippen LogP contribution is -2.04. The van der Waals surface area contributed by atoms with Crippen LogP contribution in [0.5, 0.6) is 0 Å². The van der Waals surface area contributed by atoms with Crippen molar-refractivity contribution in [2.24, 2.45) is 0 Å². The lowest BCUT2D eigenvalue weighted by Gasteiger charge is -2.05. The van der Waals surface area contributed by atoms with Crippen molar-refractivity contribution < 1.29 is 4.74 Å². The molecule has 2 heterocycles. The first-order valence-corrected chi connectivity index (χ1v) is 5.27. The van der Waals surface area contributed by atoms with E-state index in [4.69, 9.17) is 10.5 Å². The van der Waals surface area contributed by atoms with Crippen LogP contribution in [0.3, 0.4) is 0 Å². The minimum Gasteiger partial charge on any atom is -0.383 e. The van der Waals surface area contributed by atoms with Crippen LogP contribution >= 0.6 is 0 Å². The highest BCUT2D eigenvalue weighted by molar-refractivity contribution is 5.50. The number of rotatable bonds is 1. The molecular weight excluding hydrogens is 202 g/mol. The van der Waals surface area contributed by atoms with E-state index in [0.29, 0.717) is 19.0 Å². The SMILES string of the molecule is Cc1ccc(-n2nc3c(c2N)COC3)cc1. The lowest BCUT2D eigenvalue weighted by atomic mass is 10.2. The Labute approximate surface area is 93.6 Å². The largest absolute Gasteiger partial charge is 0.383 e. The molecule has 0 unspecified atom stereocenters. The second-order valence-electron chi connectivity index (χ2n) is 4.05. The van der Waals surface area contributed by atoms with Crippen LogP contribution in [0.4, 0.5) is 5.82 Å². The number of ether oxygens (including phenoxy) is 1. The molecule has 1 aromatic heterocycles. The zero-order valence-electron chi connectivity index (χ0n) is 9.10. The average molecular weight is 215 g/mol. The van der Waals surface area contributed by atoms with Gasteiger partial charge >= 0.3 is 0 Å². The average Bonchev–Trinajstić information content (AvgIpc) is 2.84. The number of benzene rings is 1. The lowest BCUT2D eigenvalue weighted by molar-refractivity contribution is 0.131. The number of aryl methyl sites for hydroxylation is 1. The summed E-state index contributed by atoms with van der Waals surface area (Å²) in [6, 6.07) is 8.15. The van der Waals surface area contributed by atoms with E-state index in [1.54, 1.807) is 4.68 Å². The van der Waals surface area contributed by atoms with E-state index in [-0.39, 0.29) is 0 Å². The molecule has 82 valence electrons. The van der Waals surface area contributed by atoms with Gasteiger partial charge in [0.2, 0.25) is 0 Å². The molecular formula is C12H13N3O. The van der Waals surface area contributed by atoms with E-state index >= 15 is 0 Å². The molecule has 4 nitrogen and oxygen atoms in total. The summed E-state index contributed by atoms with van der Waals surface area (Å²) >= 11 is 0. The third kappa shape index (κ3) is 1.31. The number of anilines is 1. The summed E-state index contributed by atoms with van der Waals surface area (Å²) in [6.07, 6.45) is 0. The Morgan fingerprint density at radius 3 is 2.69 bits per heavy atom. The Bertz CT molecular complexity index is 528. The molecule has 0 saturated carbocycles. The fraction of sp³-hybridized carbons (Fsp3) is 0.250. The van der Waals surface area contributed by atoms with Gasteiger partial charge in [0, 0.05) is 5.56 Å². The molecule has 4 heteroatoms. The summed E-state index contributed by atoms with van der Waals surface area (Å²) in [5.41, 5.74) is 10.3. The fourth-order valence-corrected chi connectivity index (χ4v) is 1.92. The molecule has 0 saturated heterocycles. The van der Waals surface area contributed by atoms with Crippen LogP contribution in [0.15, 0.2) is 24.3 Å². The minimum absolute atomic E-state index is 0.568. The van der Waals surface area contributed by atoms with Crippen molar-refractivity contribution in [3.8, 4) is 5.69 Å². The van der Waals surface area contributed by atoms with Crippen molar-refractivity contribution >= 4 is 5.82 Å². The van der Waals surface area contributed by atoms with Gasteiger partial charge in [-0.3, -0.25) is 0 Å². The maximum Gasteiger partial charge on any atom is 0.133 e. The predicted octanol–water partition coefficient (Wildman–Crippen LogP) is 1.79. The quantitative estimate of drug-likeness (QED) is 0.789. The van der Waals surface area contributed by atoms with E-state index < -0.39 is 0 Å². The number of fused-ring (bicyclic) bond motifs is 1. The van der Waals surface area contributed by atoms with Crippen molar-refractivity contribution in [2.75, 3.05) is 5.73 Å². The normalized spacial score (nSPS) is 14.1. The standard InChI is InChI=1S/C12H13N3O/c1-8-2-4-9(5-3-8)15-12(13)10-6-16-7-11(10)14-15/h2-5H,6-7,13H2,1H3. The zero-order valence-corrected chi connectivity index (χ0v) is 9.10. The molecule has 0 fully saturated rings. The van der Waals surface area contributed by atoms with Crippen LogP contribution in [-0.4, -0.2) is 9.78 Å². The summed E-state index contributed by atoms with van der Waals surface area (Å²) < 4.78 is 7.07. The molecule has 1 aromatic carbocycles. The Morgan fingerprint density at radius 2 is 2.00 bits per heavy atom. The van der Waals surface area contributed by atoms with Crippen LogP contribution in [0, 0.1) is 6.92 Å². The first-order valence-electron chi connectivity index (χ1n) is 5.27. The van der Waals surface area contributed by atoms with Gasteiger partial charge in [0.25, 0.3) is 0 Å². The Hall–Kier alpha value is -1.81. The maximum absolute atomic E-state index is 6.05. The maximum atomic E-state index is 6.05. The highest BCUT2D eigenvalue weighted by Gasteiger charge is 2.21. The van der Waals surface area contributed by atoms with E-state index in [0.717, 1.165) is 16.9 Å². The van der Waals surface area contributed by atoms with Crippen molar-refractivity contribution in [1.29, 1.82) is 0 Å². The predicted molar refractivity (Wildman–Crippen MR) is 61.2 cm³/mol. The Balaban J connectivity index is 2.10. The van der Waals surface area contributed by atoms with Gasteiger partial charge in [0.15, 0.2) is 0 Å². The fourth-order valence-electron chi connectivity index (χ4n) is 1.92. The van der Waals surface area contributed by atoms with Gasteiger partial charge in [-0.05, 0) is 19.1 Å². The molecule has 0 bridgehead atoms. The molecule has 0 aliphatic carbocycles. The summed E-state index contributed by atoms with van der Waals surface area (Å²) in [5, 5.41) is 4.46. The van der Waals surface area contributed by atoms with Crippen molar-refractivity contribution in [1.82, 2.24) is 9.78 Å². The van der Waals surface area contributed by atoms with Crippen LogP contribution in [-0.2, 0) is 18.0 Å². The molecule has 0 amide bonds. The number of nitrogens with zero attached hydrogens (tertiary/aromatic N) is 2. The molecule has 2 N–H and O–H groups in total. The van der Waals surface area contributed by atoms with Crippen molar-refractivity contribution in [2.45, 2.75) is 20.1 Å². The van der Waals surface area contributed by atoms with Gasteiger partial charge in [0.1, 0.15) is 5.82 Å². The van der Waals surface area contributed by atoms with Crippen molar-refractivity contribution in [3.63, 3.8) is 0 Å². The molecule has 1 aliphatic rings. The van der Waals surface area contributed by atoms with E-state index in [9.17, 15) is 0 Å². The molecule has 0 radical (unpaired) electrons. The van der Waals surface area contributed by atoms with Gasteiger partial charge in [-0.15, -0.1) is 0 Å². The second kappa shape index (κ2) is 3.35. The number of hydrogen-bond acceptors (Lipinski definition) is 3. The summed E-state index contributed by atoms with van der Waals surface area (Å²) in [4.78, 5) is 0. The molecule has 0 atom stereocenters. The summed E-state index contributed by atoms with van der Waals surface area (Å²) in [5.74, 6) is 0.691. The smallest absolute Gasteiger partial charge is 0.133 e. The van der Waals surface area contributed by atoms with Crippen LogP contribution in [0.25, 0.3) is 5.69 Å². The summed E-state index contributed by atoms with van der Waals surface area (Å²) in [6.45, 7) is 3.20. The molecule has 2 aromatic rings. The number of nitrogens with two attached hydrogens (primary N) is 1. The summed E-state index contributed by atoms with van der Waals surface area (Å²) in [7, 11) is 0. The Kier molecular flexibility index (Phi) is 1.97. The first kappa shape index (κ1) is 9.42. The second-order valence-corrected chi connectivity index (χ2v) is 4.05. The van der Waals surface area contributed by atoms with Gasteiger partial charge in [-0.1, -0.05) is 17.7 Å². The number of aromatic nitrogens is 2.